The first-order valence-electron chi connectivity index (χ1n) is 5.80. The number of carbonyl (C=O) groups excluding carboxylic acids is 2. The Hall–Kier alpha value is -0.920. The van der Waals surface area contributed by atoms with Crippen LogP contribution < -0.4 is 0 Å². The molecule has 0 spiro atoms. The fraction of sp³-hybridized carbons (Fsp3) is 0.692. The molecule has 0 atom stereocenters. The lowest BCUT2D eigenvalue weighted by molar-refractivity contribution is -0.133. The van der Waals surface area contributed by atoms with Crippen molar-refractivity contribution in [2.45, 2.75) is 59.3 Å². The summed E-state index contributed by atoms with van der Waals surface area (Å²) in [6, 6.07) is 0. The van der Waals surface area contributed by atoms with E-state index < -0.39 is 0 Å². The van der Waals surface area contributed by atoms with Crippen LogP contribution >= 0.6 is 0 Å². The maximum atomic E-state index is 11.3. The fourth-order valence-corrected chi connectivity index (χ4v) is 1.35. The van der Waals surface area contributed by atoms with Crippen LogP contribution in [-0.2, 0) is 9.59 Å². The van der Waals surface area contributed by atoms with Crippen LogP contribution in [0.3, 0.4) is 0 Å². The van der Waals surface area contributed by atoms with Crippen molar-refractivity contribution in [2.24, 2.45) is 0 Å². The third kappa shape index (κ3) is 8.10. The van der Waals surface area contributed by atoms with Crippen LogP contribution in [0.4, 0.5) is 0 Å². The van der Waals surface area contributed by atoms with Gasteiger partial charge in [-0.25, -0.2) is 0 Å². The summed E-state index contributed by atoms with van der Waals surface area (Å²) in [6.07, 6.45) is 7.32. The normalized spacial score (nSPS) is 9.80. The number of hydrogen-bond acceptors (Lipinski definition) is 2. The van der Waals surface area contributed by atoms with Gasteiger partial charge in [0.2, 0.25) is 11.6 Å². The second kappa shape index (κ2) is 8.39. The molecule has 0 rings (SSSR count). The van der Waals surface area contributed by atoms with Gasteiger partial charge in [-0.2, -0.15) is 0 Å². The lowest BCUT2D eigenvalue weighted by atomic mass is 10.1. The Balaban J connectivity index is 3.66. The standard InChI is InChI=1S/C13H22O2/c1-4-5-6-7-8-9-12(14)13(15)10-11(2)3/h10H,4-9H2,1-3H3. The predicted molar refractivity (Wildman–Crippen MR) is 62.8 cm³/mol. The van der Waals surface area contributed by atoms with Crippen molar-refractivity contribution >= 4 is 11.6 Å². The zero-order valence-electron chi connectivity index (χ0n) is 10.1. The molecule has 0 aromatic heterocycles. The van der Waals surface area contributed by atoms with E-state index >= 15 is 0 Å². The van der Waals surface area contributed by atoms with E-state index in [1.54, 1.807) is 0 Å². The number of carbonyl (C=O) groups is 2. The van der Waals surface area contributed by atoms with E-state index in [4.69, 9.17) is 0 Å². The minimum atomic E-state index is -0.342. The summed E-state index contributed by atoms with van der Waals surface area (Å²) >= 11 is 0. The van der Waals surface area contributed by atoms with Crippen molar-refractivity contribution in [1.29, 1.82) is 0 Å². The Morgan fingerprint density at radius 2 is 1.60 bits per heavy atom. The quantitative estimate of drug-likeness (QED) is 0.349. The molecular weight excluding hydrogens is 188 g/mol. The Morgan fingerprint density at radius 3 is 2.13 bits per heavy atom. The first-order chi connectivity index (χ1) is 7.07. The van der Waals surface area contributed by atoms with E-state index in [0.29, 0.717) is 6.42 Å². The van der Waals surface area contributed by atoms with Gasteiger partial charge in [-0.3, -0.25) is 9.59 Å². The molecule has 0 N–H and O–H groups in total. The molecule has 0 bridgehead atoms. The molecular formula is C13H22O2. The van der Waals surface area contributed by atoms with Crippen LogP contribution in [0.25, 0.3) is 0 Å². The van der Waals surface area contributed by atoms with Gasteiger partial charge >= 0.3 is 0 Å². The van der Waals surface area contributed by atoms with E-state index in [2.05, 4.69) is 6.92 Å². The summed E-state index contributed by atoms with van der Waals surface area (Å²) in [5, 5.41) is 0. The Labute approximate surface area is 92.8 Å². The molecule has 0 aliphatic carbocycles. The van der Waals surface area contributed by atoms with Gasteiger partial charge in [0.15, 0.2) is 0 Å². The van der Waals surface area contributed by atoms with E-state index in [-0.39, 0.29) is 11.6 Å². The summed E-state index contributed by atoms with van der Waals surface area (Å²) in [5.74, 6) is -0.585. The molecule has 0 aromatic rings. The number of Topliss-reactive ketones (excluding diaryl/α,β-unsaturated/α-hetero) is 1. The summed E-state index contributed by atoms with van der Waals surface area (Å²) in [7, 11) is 0. The molecule has 0 fully saturated rings. The number of hydrogen-bond donors (Lipinski definition) is 0. The van der Waals surface area contributed by atoms with Crippen molar-refractivity contribution < 1.29 is 9.59 Å². The largest absolute Gasteiger partial charge is 0.291 e. The second-order valence-electron chi connectivity index (χ2n) is 4.17. The van der Waals surface area contributed by atoms with E-state index in [0.717, 1.165) is 18.4 Å². The van der Waals surface area contributed by atoms with Crippen LogP contribution in [0.15, 0.2) is 11.6 Å². The lowest BCUT2D eigenvalue weighted by Crippen LogP contribution is -2.10. The van der Waals surface area contributed by atoms with Gasteiger partial charge in [0, 0.05) is 6.42 Å². The molecule has 0 heterocycles. The van der Waals surface area contributed by atoms with Crippen molar-refractivity contribution in [3.8, 4) is 0 Å². The molecule has 0 amide bonds. The number of unbranched alkanes of at least 4 members (excludes halogenated alkanes) is 4. The minimum Gasteiger partial charge on any atom is -0.291 e. The molecule has 2 heteroatoms. The first kappa shape index (κ1) is 14.1. The highest BCUT2D eigenvalue weighted by atomic mass is 16.2. The zero-order chi connectivity index (χ0) is 11.7. The highest BCUT2D eigenvalue weighted by Gasteiger charge is 2.09. The Morgan fingerprint density at radius 1 is 1.00 bits per heavy atom. The van der Waals surface area contributed by atoms with Gasteiger partial charge in [0.05, 0.1) is 0 Å². The molecule has 0 aromatic carbocycles. The van der Waals surface area contributed by atoms with Gasteiger partial charge < -0.3 is 0 Å². The Bertz CT molecular complexity index is 235. The van der Waals surface area contributed by atoms with Crippen molar-refractivity contribution in [3.63, 3.8) is 0 Å². The van der Waals surface area contributed by atoms with Crippen molar-refractivity contribution in [1.82, 2.24) is 0 Å². The summed E-state index contributed by atoms with van der Waals surface area (Å²) in [6.45, 7) is 5.81. The lowest BCUT2D eigenvalue weighted by Gasteiger charge is -1.98. The molecule has 2 nitrogen and oxygen atoms in total. The van der Waals surface area contributed by atoms with Gasteiger partial charge in [-0.15, -0.1) is 0 Å². The second-order valence-corrected chi connectivity index (χ2v) is 4.17. The highest BCUT2D eigenvalue weighted by Crippen LogP contribution is 2.06. The van der Waals surface area contributed by atoms with Crippen LogP contribution in [-0.4, -0.2) is 11.6 Å². The predicted octanol–water partition coefficient (Wildman–Crippen LogP) is 3.45. The van der Waals surface area contributed by atoms with Crippen molar-refractivity contribution in [3.05, 3.63) is 11.6 Å². The SMILES string of the molecule is CCCCCCCC(=O)C(=O)C=C(C)C. The third-order valence-corrected chi connectivity index (χ3v) is 2.20. The molecule has 86 valence electrons. The summed E-state index contributed by atoms with van der Waals surface area (Å²) in [5.41, 5.74) is 0.888. The first-order valence-corrected chi connectivity index (χ1v) is 5.80. The molecule has 0 saturated carbocycles. The number of rotatable bonds is 8. The topological polar surface area (TPSA) is 34.1 Å². The van der Waals surface area contributed by atoms with E-state index in [1.165, 1.54) is 25.3 Å². The fourth-order valence-electron chi connectivity index (χ4n) is 1.35. The van der Waals surface area contributed by atoms with Crippen LogP contribution in [0.2, 0.25) is 0 Å². The summed E-state index contributed by atoms with van der Waals surface area (Å²) < 4.78 is 0. The minimum absolute atomic E-state index is 0.243. The van der Waals surface area contributed by atoms with Crippen LogP contribution in [0.1, 0.15) is 59.3 Å². The number of ketones is 2. The summed E-state index contributed by atoms with van der Waals surface area (Å²) in [4.78, 5) is 22.6. The zero-order valence-corrected chi connectivity index (χ0v) is 10.1. The highest BCUT2D eigenvalue weighted by molar-refractivity contribution is 6.41. The molecule has 0 aliphatic heterocycles. The average molecular weight is 210 g/mol. The monoisotopic (exact) mass is 210 g/mol. The third-order valence-electron chi connectivity index (χ3n) is 2.20. The molecule has 0 unspecified atom stereocenters. The van der Waals surface area contributed by atoms with Gasteiger partial charge in [-0.05, 0) is 26.3 Å². The molecule has 0 saturated heterocycles. The van der Waals surface area contributed by atoms with Crippen molar-refractivity contribution in [2.75, 3.05) is 0 Å². The molecule has 0 radical (unpaired) electrons. The smallest absolute Gasteiger partial charge is 0.221 e. The van der Waals surface area contributed by atoms with Gasteiger partial charge in [0.25, 0.3) is 0 Å². The number of allylic oxidation sites excluding steroid dienone is 2. The van der Waals surface area contributed by atoms with E-state index in [9.17, 15) is 9.59 Å². The molecule has 15 heavy (non-hydrogen) atoms. The van der Waals surface area contributed by atoms with E-state index in [1.807, 2.05) is 13.8 Å². The Kier molecular flexibility index (Phi) is 7.88. The molecule has 0 aliphatic rings. The average Bonchev–Trinajstić information content (AvgIpc) is 2.16. The van der Waals surface area contributed by atoms with Crippen LogP contribution in [0.5, 0.6) is 0 Å². The maximum absolute atomic E-state index is 11.3. The maximum Gasteiger partial charge on any atom is 0.221 e. The van der Waals surface area contributed by atoms with Gasteiger partial charge in [-0.1, -0.05) is 38.2 Å². The van der Waals surface area contributed by atoms with Crippen LogP contribution in [0, 0.1) is 0 Å². The van der Waals surface area contributed by atoms with Gasteiger partial charge in [0.1, 0.15) is 0 Å².